The Kier molecular flexibility index (Phi) is 3.36. The van der Waals surface area contributed by atoms with Crippen LogP contribution in [0.5, 0.6) is 0 Å². The average Bonchev–Trinajstić information content (AvgIpc) is 2.24. The molecule has 0 bridgehead atoms. The SMILES string of the molecule is CN1CCC2(CCC(N(C)C)CC2)CC1. The van der Waals surface area contributed by atoms with Crippen molar-refractivity contribution in [2.75, 3.05) is 34.2 Å². The van der Waals surface area contributed by atoms with Crippen LogP contribution in [0.1, 0.15) is 38.5 Å². The highest BCUT2D eigenvalue weighted by Gasteiger charge is 2.37. The second kappa shape index (κ2) is 4.42. The van der Waals surface area contributed by atoms with E-state index in [0.29, 0.717) is 0 Å². The Morgan fingerprint density at radius 3 is 2.00 bits per heavy atom. The molecule has 2 nitrogen and oxygen atoms in total. The van der Waals surface area contributed by atoms with Crippen LogP contribution in [0, 0.1) is 5.41 Å². The number of rotatable bonds is 1. The van der Waals surface area contributed by atoms with Crippen LogP contribution in [0.25, 0.3) is 0 Å². The average molecular weight is 210 g/mol. The number of hydrogen-bond donors (Lipinski definition) is 0. The largest absolute Gasteiger partial charge is 0.306 e. The highest BCUT2D eigenvalue weighted by Crippen LogP contribution is 2.44. The fourth-order valence-electron chi connectivity index (χ4n) is 3.32. The van der Waals surface area contributed by atoms with Gasteiger partial charge in [-0.15, -0.1) is 0 Å². The first-order chi connectivity index (χ1) is 7.11. The van der Waals surface area contributed by atoms with Gasteiger partial charge in [-0.05, 0) is 78.2 Å². The maximum Gasteiger partial charge on any atom is 0.00895 e. The zero-order valence-electron chi connectivity index (χ0n) is 10.6. The van der Waals surface area contributed by atoms with Gasteiger partial charge in [-0.2, -0.15) is 0 Å². The lowest BCUT2D eigenvalue weighted by atomic mass is 9.67. The van der Waals surface area contributed by atoms with Crippen molar-refractivity contribution in [1.29, 1.82) is 0 Å². The molecule has 0 N–H and O–H groups in total. The van der Waals surface area contributed by atoms with Crippen molar-refractivity contribution in [3.8, 4) is 0 Å². The van der Waals surface area contributed by atoms with Gasteiger partial charge in [-0.3, -0.25) is 0 Å². The first kappa shape index (κ1) is 11.4. The van der Waals surface area contributed by atoms with E-state index in [2.05, 4.69) is 30.9 Å². The monoisotopic (exact) mass is 210 g/mol. The molecule has 1 heterocycles. The minimum Gasteiger partial charge on any atom is -0.306 e. The molecule has 0 aromatic rings. The van der Waals surface area contributed by atoms with E-state index >= 15 is 0 Å². The summed E-state index contributed by atoms with van der Waals surface area (Å²) in [4.78, 5) is 4.91. The predicted molar refractivity (Wildman–Crippen MR) is 65.1 cm³/mol. The van der Waals surface area contributed by atoms with Gasteiger partial charge in [0.1, 0.15) is 0 Å². The molecule has 1 aliphatic heterocycles. The van der Waals surface area contributed by atoms with Crippen molar-refractivity contribution in [3.63, 3.8) is 0 Å². The Bertz CT molecular complexity index is 195. The molecule has 1 spiro atoms. The van der Waals surface area contributed by atoms with Crippen LogP contribution in [0.4, 0.5) is 0 Å². The van der Waals surface area contributed by atoms with Gasteiger partial charge in [0, 0.05) is 6.04 Å². The molecule has 2 aliphatic rings. The maximum atomic E-state index is 2.49. The summed E-state index contributed by atoms with van der Waals surface area (Å²) in [5.74, 6) is 0. The molecule has 2 rings (SSSR count). The summed E-state index contributed by atoms with van der Waals surface area (Å²) in [6, 6.07) is 0.857. The van der Waals surface area contributed by atoms with Crippen molar-refractivity contribution in [2.24, 2.45) is 5.41 Å². The zero-order valence-corrected chi connectivity index (χ0v) is 10.6. The molecule has 0 radical (unpaired) electrons. The van der Waals surface area contributed by atoms with Crippen LogP contribution in [0.3, 0.4) is 0 Å². The van der Waals surface area contributed by atoms with Gasteiger partial charge in [0.2, 0.25) is 0 Å². The van der Waals surface area contributed by atoms with Gasteiger partial charge in [-0.25, -0.2) is 0 Å². The standard InChI is InChI=1S/C13H26N2/c1-14(2)12-4-6-13(7-5-12)8-10-15(3)11-9-13/h12H,4-11H2,1-3H3. The Morgan fingerprint density at radius 2 is 1.53 bits per heavy atom. The minimum atomic E-state index is 0.735. The van der Waals surface area contributed by atoms with Gasteiger partial charge < -0.3 is 9.80 Å². The molecule has 0 atom stereocenters. The van der Waals surface area contributed by atoms with E-state index in [4.69, 9.17) is 0 Å². The van der Waals surface area contributed by atoms with Crippen molar-refractivity contribution in [3.05, 3.63) is 0 Å². The smallest absolute Gasteiger partial charge is 0.00895 e. The first-order valence-corrected chi connectivity index (χ1v) is 6.46. The van der Waals surface area contributed by atoms with E-state index < -0.39 is 0 Å². The van der Waals surface area contributed by atoms with Crippen LogP contribution in [0.15, 0.2) is 0 Å². The molecular weight excluding hydrogens is 184 g/mol. The maximum absolute atomic E-state index is 2.49. The Hall–Kier alpha value is -0.0800. The lowest BCUT2D eigenvalue weighted by Crippen LogP contribution is -2.43. The molecule has 0 aromatic heterocycles. The molecule has 1 saturated heterocycles. The number of hydrogen-bond acceptors (Lipinski definition) is 2. The topological polar surface area (TPSA) is 6.48 Å². The summed E-state index contributed by atoms with van der Waals surface area (Å²) in [6.45, 7) is 2.65. The molecule has 0 aromatic carbocycles. The van der Waals surface area contributed by atoms with Crippen LogP contribution in [-0.4, -0.2) is 50.1 Å². The first-order valence-electron chi connectivity index (χ1n) is 6.46. The van der Waals surface area contributed by atoms with Gasteiger partial charge in [0.25, 0.3) is 0 Å². The van der Waals surface area contributed by atoms with Crippen LogP contribution >= 0.6 is 0 Å². The summed E-state index contributed by atoms with van der Waals surface area (Å²) in [5.41, 5.74) is 0.735. The summed E-state index contributed by atoms with van der Waals surface area (Å²) >= 11 is 0. The fourth-order valence-corrected chi connectivity index (χ4v) is 3.32. The number of piperidine rings is 1. The Balaban J connectivity index is 1.86. The third kappa shape index (κ3) is 2.54. The predicted octanol–water partition coefficient (Wildman–Crippen LogP) is 2.20. The van der Waals surface area contributed by atoms with Crippen LogP contribution < -0.4 is 0 Å². The molecule has 1 aliphatic carbocycles. The highest BCUT2D eigenvalue weighted by molar-refractivity contribution is 4.91. The second-order valence-corrected chi connectivity index (χ2v) is 6.00. The third-order valence-electron chi connectivity index (χ3n) is 4.79. The quantitative estimate of drug-likeness (QED) is 0.655. The zero-order chi connectivity index (χ0) is 10.9. The van der Waals surface area contributed by atoms with Crippen molar-refractivity contribution in [2.45, 2.75) is 44.6 Å². The highest BCUT2D eigenvalue weighted by atomic mass is 15.1. The third-order valence-corrected chi connectivity index (χ3v) is 4.79. The minimum absolute atomic E-state index is 0.735. The fraction of sp³-hybridized carbons (Fsp3) is 1.00. The van der Waals surface area contributed by atoms with Crippen LogP contribution in [-0.2, 0) is 0 Å². The Labute approximate surface area is 94.6 Å². The number of likely N-dealkylation sites (tertiary alicyclic amines) is 1. The lowest BCUT2D eigenvalue weighted by molar-refractivity contribution is 0.0520. The Morgan fingerprint density at radius 1 is 1.00 bits per heavy atom. The summed E-state index contributed by atoms with van der Waals surface area (Å²) in [7, 11) is 6.73. The molecule has 2 fully saturated rings. The molecule has 15 heavy (non-hydrogen) atoms. The summed E-state index contributed by atoms with van der Waals surface area (Å²) in [6.07, 6.45) is 8.70. The van der Waals surface area contributed by atoms with Gasteiger partial charge in [-0.1, -0.05) is 0 Å². The van der Waals surface area contributed by atoms with E-state index in [0.717, 1.165) is 11.5 Å². The van der Waals surface area contributed by atoms with Gasteiger partial charge in [0.05, 0.1) is 0 Å². The van der Waals surface area contributed by atoms with Gasteiger partial charge in [0.15, 0.2) is 0 Å². The summed E-state index contributed by atoms with van der Waals surface area (Å²) in [5, 5.41) is 0. The van der Waals surface area contributed by atoms with Crippen molar-refractivity contribution >= 4 is 0 Å². The molecular formula is C13H26N2. The van der Waals surface area contributed by atoms with E-state index in [1.165, 1.54) is 51.6 Å². The normalized spacial score (nSPS) is 28.8. The molecule has 2 heteroatoms. The molecule has 88 valence electrons. The number of nitrogens with zero attached hydrogens (tertiary/aromatic N) is 2. The summed E-state index contributed by atoms with van der Waals surface area (Å²) < 4.78 is 0. The van der Waals surface area contributed by atoms with Gasteiger partial charge >= 0.3 is 0 Å². The van der Waals surface area contributed by atoms with E-state index in [9.17, 15) is 0 Å². The molecule has 0 unspecified atom stereocenters. The van der Waals surface area contributed by atoms with E-state index in [1.807, 2.05) is 0 Å². The van der Waals surface area contributed by atoms with Crippen molar-refractivity contribution in [1.82, 2.24) is 9.80 Å². The van der Waals surface area contributed by atoms with E-state index in [-0.39, 0.29) is 0 Å². The molecule has 0 amide bonds. The van der Waals surface area contributed by atoms with Crippen LogP contribution in [0.2, 0.25) is 0 Å². The van der Waals surface area contributed by atoms with E-state index in [1.54, 1.807) is 0 Å². The molecule has 1 saturated carbocycles. The second-order valence-electron chi connectivity index (χ2n) is 6.00. The lowest BCUT2D eigenvalue weighted by Gasteiger charge is -2.46. The van der Waals surface area contributed by atoms with Crippen molar-refractivity contribution < 1.29 is 0 Å².